The number of aromatic nitrogens is 3. The van der Waals surface area contributed by atoms with Gasteiger partial charge in [0, 0.05) is 42.6 Å². The molecule has 0 bridgehead atoms. The van der Waals surface area contributed by atoms with Crippen molar-refractivity contribution in [2.75, 3.05) is 24.4 Å². The number of amides is 1. The van der Waals surface area contributed by atoms with Gasteiger partial charge in [-0.15, -0.1) is 0 Å². The third-order valence-corrected chi connectivity index (χ3v) is 8.17. The Kier molecular flexibility index (Phi) is 8.56. The molecule has 9 nitrogen and oxygen atoms in total. The van der Waals surface area contributed by atoms with Crippen LogP contribution in [0.2, 0.25) is 0 Å². The first-order chi connectivity index (χ1) is 22.0. The fraction of sp³-hybridized carbons (Fsp3) is 0.250. The van der Waals surface area contributed by atoms with Gasteiger partial charge in [-0.1, -0.05) is 31.2 Å². The van der Waals surface area contributed by atoms with Gasteiger partial charge in [-0.05, 0) is 77.4 Å². The number of rotatable bonds is 11. The van der Waals surface area contributed by atoms with E-state index in [1.165, 1.54) is 0 Å². The molecule has 3 aromatic heterocycles. The molecule has 1 amide bonds. The van der Waals surface area contributed by atoms with Crippen LogP contribution in [0.1, 0.15) is 30.0 Å². The number of hydrogen-bond acceptors (Lipinski definition) is 8. The Labute approximate surface area is 262 Å². The van der Waals surface area contributed by atoms with Crippen LogP contribution in [0.4, 0.5) is 11.6 Å². The molecule has 0 saturated heterocycles. The maximum atomic E-state index is 12.8. The first-order valence-electron chi connectivity index (χ1n) is 14.9. The van der Waals surface area contributed by atoms with Crippen LogP contribution in [-0.4, -0.2) is 35.1 Å². The van der Waals surface area contributed by atoms with E-state index in [0.717, 1.165) is 62.5 Å². The third kappa shape index (κ3) is 6.55. The number of aryl methyl sites for hydroxylation is 1. The van der Waals surface area contributed by atoms with E-state index in [9.17, 15) is 10.1 Å². The fourth-order valence-electron chi connectivity index (χ4n) is 5.50. The van der Waals surface area contributed by atoms with E-state index in [1.807, 2.05) is 48.7 Å². The predicted octanol–water partition coefficient (Wildman–Crippen LogP) is 6.58. The van der Waals surface area contributed by atoms with Crippen LogP contribution < -0.4 is 19.7 Å². The van der Waals surface area contributed by atoms with Crippen LogP contribution in [0.15, 0.2) is 85.3 Å². The van der Waals surface area contributed by atoms with Gasteiger partial charge >= 0.3 is 0 Å². The first-order valence-corrected chi connectivity index (χ1v) is 14.9. The number of nitrogens with one attached hydrogen (secondary N) is 1. The molecule has 6 rings (SSSR count). The summed E-state index contributed by atoms with van der Waals surface area (Å²) in [5, 5.41) is 13.8. The number of nitriles is 1. The fourth-order valence-corrected chi connectivity index (χ4v) is 5.50. The third-order valence-electron chi connectivity index (χ3n) is 8.17. The molecule has 2 aromatic carbocycles. The lowest BCUT2D eigenvalue weighted by molar-refractivity contribution is -0.117. The molecule has 9 heteroatoms. The summed E-state index contributed by atoms with van der Waals surface area (Å²) < 4.78 is 10.8. The van der Waals surface area contributed by atoms with Crippen molar-refractivity contribution in [3.8, 4) is 28.8 Å². The number of carbonyl (C=O) groups excluding carboxylic acids is 1. The molecule has 5 aromatic rings. The lowest BCUT2D eigenvalue weighted by atomic mass is 10.0. The molecule has 2 unspecified atom stereocenters. The smallest absolute Gasteiger partial charge is 0.230 e. The van der Waals surface area contributed by atoms with E-state index in [-0.39, 0.29) is 17.7 Å². The van der Waals surface area contributed by atoms with E-state index in [1.54, 1.807) is 26.6 Å². The predicted molar refractivity (Wildman–Crippen MR) is 174 cm³/mol. The normalized spacial score (nSPS) is 15.2. The minimum absolute atomic E-state index is 0.177. The van der Waals surface area contributed by atoms with Gasteiger partial charge in [0.05, 0.1) is 37.8 Å². The number of pyridine rings is 3. The number of methoxy groups -OCH3 is 2. The Bertz CT molecular complexity index is 1820. The summed E-state index contributed by atoms with van der Waals surface area (Å²) in [5.74, 6) is 2.10. The molecule has 1 saturated carbocycles. The summed E-state index contributed by atoms with van der Waals surface area (Å²) in [7, 11) is 3.32. The molecular formula is C36H34N6O3. The molecule has 226 valence electrons. The average molecular weight is 599 g/mol. The Morgan fingerprint density at radius 1 is 0.978 bits per heavy atom. The van der Waals surface area contributed by atoms with Gasteiger partial charge < -0.3 is 19.7 Å². The Hall–Kier alpha value is -5.49. The SMILES string of the molecule is CCc1ccncc1-c1cc2cc(NC(=O)C3CC3C#N)ncc2c(N(Cc2ccc(OC)cc2)Cc2ccc(OC)cc2)n1. The van der Waals surface area contributed by atoms with Crippen LogP contribution in [-0.2, 0) is 24.3 Å². The van der Waals surface area contributed by atoms with Crippen molar-refractivity contribution in [2.24, 2.45) is 11.8 Å². The Morgan fingerprint density at radius 2 is 1.64 bits per heavy atom. The second kappa shape index (κ2) is 13.0. The maximum absolute atomic E-state index is 12.8. The minimum Gasteiger partial charge on any atom is -0.497 e. The molecule has 1 aliphatic rings. The number of benzene rings is 2. The van der Waals surface area contributed by atoms with Crippen LogP contribution in [0.25, 0.3) is 22.0 Å². The number of carbonyl (C=O) groups is 1. The number of fused-ring (bicyclic) bond motifs is 1. The molecule has 1 N–H and O–H groups in total. The van der Waals surface area contributed by atoms with Crippen molar-refractivity contribution in [2.45, 2.75) is 32.9 Å². The highest BCUT2D eigenvalue weighted by Gasteiger charge is 2.43. The van der Waals surface area contributed by atoms with Crippen LogP contribution in [0, 0.1) is 23.2 Å². The number of nitrogens with zero attached hydrogens (tertiary/aromatic N) is 5. The lowest BCUT2D eigenvalue weighted by Gasteiger charge is -2.26. The zero-order valence-corrected chi connectivity index (χ0v) is 25.5. The van der Waals surface area contributed by atoms with Gasteiger partial charge in [0.2, 0.25) is 5.91 Å². The molecule has 45 heavy (non-hydrogen) atoms. The van der Waals surface area contributed by atoms with E-state index in [2.05, 4.69) is 57.4 Å². The minimum atomic E-state index is -0.289. The van der Waals surface area contributed by atoms with E-state index < -0.39 is 0 Å². The maximum Gasteiger partial charge on any atom is 0.230 e. The van der Waals surface area contributed by atoms with Crippen molar-refractivity contribution >= 4 is 28.3 Å². The van der Waals surface area contributed by atoms with E-state index in [4.69, 9.17) is 14.5 Å². The molecule has 1 aliphatic carbocycles. The summed E-state index contributed by atoms with van der Waals surface area (Å²) >= 11 is 0. The average Bonchev–Trinajstić information content (AvgIpc) is 3.88. The number of hydrogen-bond donors (Lipinski definition) is 1. The van der Waals surface area contributed by atoms with Crippen molar-refractivity contribution in [1.29, 1.82) is 5.26 Å². The number of ether oxygens (including phenoxy) is 2. The van der Waals surface area contributed by atoms with Crippen molar-refractivity contribution in [3.05, 3.63) is 102 Å². The molecule has 3 heterocycles. The van der Waals surface area contributed by atoms with Crippen molar-refractivity contribution in [1.82, 2.24) is 15.0 Å². The van der Waals surface area contributed by atoms with E-state index >= 15 is 0 Å². The van der Waals surface area contributed by atoms with Crippen LogP contribution in [0.3, 0.4) is 0 Å². The largest absolute Gasteiger partial charge is 0.497 e. The highest BCUT2D eigenvalue weighted by atomic mass is 16.5. The van der Waals surface area contributed by atoms with Gasteiger partial charge in [0.1, 0.15) is 23.1 Å². The van der Waals surface area contributed by atoms with Crippen LogP contribution in [0.5, 0.6) is 11.5 Å². The highest BCUT2D eigenvalue weighted by Crippen LogP contribution is 2.39. The van der Waals surface area contributed by atoms with Gasteiger partial charge in [-0.3, -0.25) is 9.78 Å². The second-order valence-electron chi connectivity index (χ2n) is 11.1. The van der Waals surface area contributed by atoms with Crippen molar-refractivity contribution < 1.29 is 14.3 Å². The van der Waals surface area contributed by atoms with Crippen molar-refractivity contribution in [3.63, 3.8) is 0 Å². The monoisotopic (exact) mass is 598 g/mol. The van der Waals surface area contributed by atoms with Gasteiger partial charge in [-0.2, -0.15) is 5.26 Å². The lowest BCUT2D eigenvalue weighted by Crippen LogP contribution is -2.24. The summed E-state index contributed by atoms with van der Waals surface area (Å²) in [6.07, 6.45) is 6.83. The summed E-state index contributed by atoms with van der Waals surface area (Å²) in [4.78, 5) is 29.3. The Balaban J connectivity index is 1.47. The van der Waals surface area contributed by atoms with Crippen LogP contribution >= 0.6 is 0 Å². The quantitative estimate of drug-likeness (QED) is 0.182. The van der Waals surface area contributed by atoms with Gasteiger partial charge in [-0.25, -0.2) is 9.97 Å². The number of anilines is 2. The van der Waals surface area contributed by atoms with Gasteiger partial charge in [0.25, 0.3) is 0 Å². The Morgan fingerprint density at radius 3 is 2.22 bits per heavy atom. The first kappa shape index (κ1) is 29.6. The zero-order chi connectivity index (χ0) is 31.3. The molecule has 2 atom stereocenters. The summed E-state index contributed by atoms with van der Waals surface area (Å²) in [6.45, 7) is 3.26. The van der Waals surface area contributed by atoms with Gasteiger partial charge in [0.15, 0.2) is 0 Å². The molecule has 0 radical (unpaired) electrons. The topological polar surface area (TPSA) is 113 Å². The zero-order valence-electron chi connectivity index (χ0n) is 25.5. The molecule has 1 fully saturated rings. The summed E-state index contributed by atoms with van der Waals surface area (Å²) in [6, 6.07) is 24.2. The highest BCUT2D eigenvalue weighted by molar-refractivity contribution is 5.99. The molecule has 0 aliphatic heterocycles. The molecule has 0 spiro atoms. The second-order valence-corrected chi connectivity index (χ2v) is 11.1. The standard InChI is InChI=1S/C36H34N6O3/c1-4-25-13-14-38-19-31(25)33-16-26-17-34(41-36(43)30-15-27(30)18-37)39-20-32(26)35(40-33)42(21-23-5-9-28(44-2)10-6-23)22-24-7-11-29(45-3)12-8-24/h5-14,16-17,19-20,27,30H,4,15,21-22H2,1-3H3,(H,39,41,43). The molecular weight excluding hydrogens is 564 g/mol. The van der Waals surface area contributed by atoms with E-state index in [0.29, 0.717) is 25.3 Å². The summed E-state index contributed by atoms with van der Waals surface area (Å²) in [5.41, 5.74) is 5.06.